The fourth-order valence-corrected chi connectivity index (χ4v) is 2.63. The zero-order valence-electron chi connectivity index (χ0n) is 16.0. The molecular formula is C17H18F6N6O2. The minimum absolute atomic E-state index is 0.277. The Hall–Kier alpha value is -3.32. The standard InChI is InChI=1S/C17H18F6N6O2/c1-26-11(5-12(25)16(18,19)20)14(30)28-10-4-2-3-9(24)8(10)6-27-13-7-31-15(29-13)17(21,22)23/h5-7,10H,2-4,24-25H2,1H3,(H,28,30)/b12-5-,26-11?,27-6+. The number of halogens is 6. The number of alkyl halides is 6. The van der Waals surface area contributed by atoms with Gasteiger partial charge in [-0.3, -0.25) is 9.79 Å². The summed E-state index contributed by atoms with van der Waals surface area (Å²) < 4.78 is 79.8. The van der Waals surface area contributed by atoms with Crippen LogP contribution in [-0.4, -0.2) is 42.1 Å². The number of aliphatic imine (C=N–C) groups is 2. The summed E-state index contributed by atoms with van der Waals surface area (Å²) in [5, 5.41) is 2.48. The highest BCUT2D eigenvalue weighted by atomic mass is 19.4. The molecule has 1 unspecified atom stereocenters. The van der Waals surface area contributed by atoms with Gasteiger partial charge in [0.1, 0.15) is 17.7 Å². The molecule has 0 aromatic carbocycles. The molecule has 1 atom stereocenters. The van der Waals surface area contributed by atoms with Crippen LogP contribution in [0.25, 0.3) is 0 Å². The molecule has 8 nitrogen and oxygen atoms in total. The summed E-state index contributed by atoms with van der Waals surface area (Å²) >= 11 is 0. The average molecular weight is 452 g/mol. The first-order valence-electron chi connectivity index (χ1n) is 8.70. The van der Waals surface area contributed by atoms with Crippen molar-refractivity contribution in [1.82, 2.24) is 10.3 Å². The second kappa shape index (κ2) is 9.22. The first kappa shape index (κ1) is 24.0. The van der Waals surface area contributed by atoms with Gasteiger partial charge in [-0.25, -0.2) is 4.99 Å². The number of carbonyl (C=O) groups excluding carboxylic acids is 1. The summed E-state index contributed by atoms with van der Waals surface area (Å²) in [5.41, 5.74) is 9.36. The van der Waals surface area contributed by atoms with Gasteiger partial charge in [0, 0.05) is 24.5 Å². The predicted octanol–water partition coefficient (Wildman–Crippen LogP) is 2.75. The number of nitrogens with zero attached hydrogens (tertiary/aromatic N) is 3. The number of amides is 1. The Morgan fingerprint density at radius 2 is 2.00 bits per heavy atom. The monoisotopic (exact) mass is 452 g/mol. The van der Waals surface area contributed by atoms with Crippen LogP contribution >= 0.6 is 0 Å². The normalized spacial score (nSPS) is 19.3. The summed E-state index contributed by atoms with van der Waals surface area (Å²) in [6.45, 7) is 0. The molecule has 31 heavy (non-hydrogen) atoms. The number of nitrogens with two attached hydrogens (primary N) is 2. The Balaban J connectivity index is 2.21. The number of oxazole rings is 1. The molecule has 1 aromatic rings. The third-order valence-corrected chi connectivity index (χ3v) is 4.15. The second-order valence-corrected chi connectivity index (χ2v) is 6.37. The van der Waals surface area contributed by atoms with E-state index in [4.69, 9.17) is 11.5 Å². The topological polar surface area (TPSA) is 132 Å². The number of nitrogens with one attached hydrogen (secondary N) is 1. The number of aromatic nitrogens is 1. The molecule has 1 heterocycles. The molecule has 170 valence electrons. The van der Waals surface area contributed by atoms with Gasteiger partial charge in [0.2, 0.25) is 0 Å². The summed E-state index contributed by atoms with van der Waals surface area (Å²) in [6.07, 6.45) is -6.07. The molecule has 5 N–H and O–H groups in total. The zero-order valence-corrected chi connectivity index (χ0v) is 16.0. The van der Waals surface area contributed by atoms with Crippen LogP contribution in [0.3, 0.4) is 0 Å². The van der Waals surface area contributed by atoms with Gasteiger partial charge in [-0.15, -0.1) is 0 Å². The first-order valence-corrected chi connectivity index (χ1v) is 8.70. The fraction of sp³-hybridized carbons (Fsp3) is 0.412. The molecule has 0 radical (unpaired) electrons. The summed E-state index contributed by atoms with van der Waals surface area (Å²) in [7, 11) is 1.12. The van der Waals surface area contributed by atoms with Crippen molar-refractivity contribution in [2.45, 2.75) is 37.7 Å². The lowest BCUT2D eigenvalue weighted by Crippen LogP contribution is -2.43. The average Bonchev–Trinajstić information content (AvgIpc) is 3.14. The van der Waals surface area contributed by atoms with E-state index < -0.39 is 41.6 Å². The third kappa shape index (κ3) is 6.33. The van der Waals surface area contributed by atoms with Crippen LogP contribution in [-0.2, 0) is 11.0 Å². The molecule has 0 saturated heterocycles. The van der Waals surface area contributed by atoms with Crippen molar-refractivity contribution in [3.05, 3.63) is 35.2 Å². The van der Waals surface area contributed by atoms with Crippen molar-refractivity contribution < 1.29 is 35.6 Å². The van der Waals surface area contributed by atoms with E-state index in [0.29, 0.717) is 37.3 Å². The highest BCUT2D eigenvalue weighted by molar-refractivity contribution is 6.43. The van der Waals surface area contributed by atoms with Gasteiger partial charge < -0.3 is 21.2 Å². The van der Waals surface area contributed by atoms with E-state index in [0.717, 1.165) is 13.3 Å². The predicted molar refractivity (Wildman–Crippen MR) is 98.3 cm³/mol. The van der Waals surface area contributed by atoms with Crippen LogP contribution in [0.2, 0.25) is 0 Å². The van der Waals surface area contributed by atoms with Crippen molar-refractivity contribution >= 4 is 23.7 Å². The van der Waals surface area contributed by atoms with Crippen molar-refractivity contribution in [2.24, 2.45) is 21.5 Å². The van der Waals surface area contributed by atoms with E-state index in [-0.39, 0.29) is 11.4 Å². The Labute approximate surface area is 171 Å². The van der Waals surface area contributed by atoms with Crippen molar-refractivity contribution in [2.75, 3.05) is 7.05 Å². The van der Waals surface area contributed by atoms with Crippen LogP contribution in [0.5, 0.6) is 0 Å². The minimum Gasteiger partial charge on any atom is -0.439 e. The third-order valence-electron chi connectivity index (χ3n) is 4.15. The molecule has 14 heteroatoms. The van der Waals surface area contributed by atoms with Crippen molar-refractivity contribution in [3.8, 4) is 0 Å². The van der Waals surface area contributed by atoms with Crippen LogP contribution < -0.4 is 16.8 Å². The molecule has 0 bridgehead atoms. The number of rotatable bonds is 5. The van der Waals surface area contributed by atoms with Gasteiger partial charge >= 0.3 is 18.2 Å². The summed E-state index contributed by atoms with van der Waals surface area (Å²) in [6, 6.07) is -0.767. The largest absolute Gasteiger partial charge is 0.469 e. The molecule has 1 aliphatic rings. The molecule has 2 rings (SSSR count). The number of allylic oxidation sites excluding steroid dienone is 2. The second-order valence-electron chi connectivity index (χ2n) is 6.37. The maximum absolute atomic E-state index is 12.6. The van der Waals surface area contributed by atoms with E-state index in [9.17, 15) is 31.1 Å². The molecule has 1 amide bonds. The van der Waals surface area contributed by atoms with Gasteiger partial charge in [-0.2, -0.15) is 31.3 Å². The molecule has 1 aliphatic carbocycles. The molecule has 1 aromatic heterocycles. The van der Waals surface area contributed by atoms with Crippen LogP contribution in [0.15, 0.2) is 43.7 Å². The zero-order chi connectivity index (χ0) is 23.4. The Morgan fingerprint density at radius 3 is 2.55 bits per heavy atom. The lowest BCUT2D eigenvalue weighted by atomic mass is 9.92. The number of carbonyl (C=O) groups is 1. The van der Waals surface area contributed by atoms with Gasteiger partial charge in [0.05, 0.1) is 6.04 Å². The SMILES string of the molecule is CN=C(/C=C(\N)C(F)(F)F)C(=O)NC1CCCC(N)=C1/C=N/c1coc(C(F)(F)F)n1. The van der Waals surface area contributed by atoms with Crippen LogP contribution in [0.4, 0.5) is 32.2 Å². The van der Waals surface area contributed by atoms with Gasteiger partial charge in [0.25, 0.3) is 5.91 Å². The maximum Gasteiger partial charge on any atom is 0.469 e. The van der Waals surface area contributed by atoms with Crippen molar-refractivity contribution in [1.29, 1.82) is 0 Å². The van der Waals surface area contributed by atoms with Gasteiger partial charge in [-0.05, 0) is 25.3 Å². The Kier molecular flexibility index (Phi) is 7.13. The highest BCUT2D eigenvalue weighted by Crippen LogP contribution is 2.30. The lowest BCUT2D eigenvalue weighted by molar-refractivity contribution is -0.157. The Morgan fingerprint density at radius 1 is 1.32 bits per heavy atom. The molecule has 0 spiro atoms. The first-order chi connectivity index (χ1) is 14.3. The molecule has 0 aliphatic heterocycles. The van der Waals surface area contributed by atoms with Crippen LogP contribution in [0, 0.1) is 0 Å². The van der Waals surface area contributed by atoms with Gasteiger partial charge in [0.15, 0.2) is 5.82 Å². The van der Waals surface area contributed by atoms with Gasteiger partial charge in [-0.1, -0.05) is 0 Å². The number of hydrogen-bond acceptors (Lipinski definition) is 7. The quantitative estimate of drug-likeness (QED) is 0.467. The number of hydrogen-bond donors (Lipinski definition) is 3. The van der Waals surface area contributed by atoms with Crippen LogP contribution in [0.1, 0.15) is 25.2 Å². The highest BCUT2D eigenvalue weighted by Gasteiger charge is 2.37. The maximum atomic E-state index is 12.6. The van der Waals surface area contributed by atoms with E-state index in [1.54, 1.807) is 0 Å². The smallest absolute Gasteiger partial charge is 0.439 e. The summed E-state index contributed by atoms with van der Waals surface area (Å²) in [5.74, 6) is -2.80. The van der Waals surface area contributed by atoms with E-state index >= 15 is 0 Å². The summed E-state index contributed by atoms with van der Waals surface area (Å²) in [4.78, 5) is 22.9. The fourth-order valence-electron chi connectivity index (χ4n) is 2.63. The van der Waals surface area contributed by atoms with Crippen molar-refractivity contribution in [3.63, 3.8) is 0 Å². The van der Waals surface area contributed by atoms with E-state index in [1.807, 2.05) is 0 Å². The molecular weight excluding hydrogens is 434 g/mol. The molecule has 0 saturated carbocycles. The minimum atomic E-state index is -4.84. The lowest BCUT2D eigenvalue weighted by Gasteiger charge is -2.25. The van der Waals surface area contributed by atoms with E-state index in [1.165, 1.54) is 0 Å². The molecule has 0 fully saturated rings. The van der Waals surface area contributed by atoms with E-state index in [2.05, 4.69) is 24.7 Å². The Bertz CT molecular complexity index is 942.